The van der Waals surface area contributed by atoms with Crippen molar-refractivity contribution in [2.75, 3.05) is 13.1 Å². The highest BCUT2D eigenvalue weighted by Gasteiger charge is 2.37. The molecule has 1 saturated heterocycles. The summed E-state index contributed by atoms with van der Waals surface area (Å²) in [5.74, 6) is 1.44. The fourth-order valence-corrected chi connectivity index (χ4v) is 2.88. The van der Waals surface area contributed by atoms with E-state index in [2.05, 4.69) is 11.8 Å². The van der Waals surface area contributed by atoms with Crippen molar-refractivity contribution in [1.82, 2.24) is 4.90 Å². The fraction of sp³-hybridized carbons (Fsp3) is 0.909. The topological polar surface area (TPSA) is 46.3 Å². The number of nitrogens with two attached hydrogens (primary N) is 1. The van der Waals surface area contributed by atoms with Gasteiger partial charge in [0.05, 0.1) is 0 Å². The molecular formula is C11H20N2O. The van der Waals surface area contributed by atoms with Gasteiger partial charge in [0.15, 0.2) is 0 Å². The molecule has 14 heavy (non-hydrogen) atoms. The van der Waals surface area contributed by atoms with Gasteiger partial charge in [-0.1, -0.05) is 13.3 Å². The Labute approximate surface area is 85.6 Å². The molecule has 0 radical (unpaired) electrons. The van der Waals surface area contributed by atoms with Crippen LogP contribution in [0.15, 0.2) is 0 Å². The van der Waals surface area contributed by atoms with Crippen LogP contribution >= 0.6 is 0 Å². The number of hydrogen-bond acceptors (Lipinski definition) is 2. The first-order valence-electron chi connectivity index (χ1n) is 5.72. The molecule has 1 aliphatic carbocycles. The largest absolute Gasteiger partial charge is 0.339 e. The molecule has 3 heteroatoms. The average Bonchev–Trinajstić information content (AvgIpc) is 2.72. The van der Waals surface area contributed by atoms with Crippen LogP contribution in [0.2, 0.25) is 0 Å². The number of rotatable bonds is 2. The minimum atomic E-state index is 0.333. The van der Waals surface area contributed by atoms with E-state index >= 15 is 0 Å². The van der Waals surface area contributed by atoms with Crippen LogP contribution in [0.3, 0.4) is 0 Å². The zero-order valence-corrected chi connectivity index (χ0v) is 8.91. The van der Waals surface area contributed by atoms with Gasteiger partial charge in [0, 0.05) is 19.0 Å². The molecule has 3 unspecified atom stereocenters. The molecule has 80 valence electrons. The van der Waals surface area contributed by atoms with Crippen LogP contribution in [0.25, 0.3) is 0 Å². The van der Waals surface area contributed by atoms with E-state index in [9.17, 15) is 4.79 Å². The van der Waals surface area contributed by atoms with Gasteiger partial charge in [-0.15, -0.1) is 0 Å². The summed E-state index contributed by atoms with van der Waals surface area (Å²) in [5.41, 5.74) is 5.61. The molecule has 2 rings (SSSR count). The van der Waals surface area contributed by atoms with Gasteiger partial charge in [-0.3, -0.25) is 4.79 Å². The lowest BCUT2D eigenvalue weighted by Crippen LogP contribution is -2.38. The molecule has 1 heterocycles. The molecule has 1 saturated carbocycles. The summed E-state index contributed by atoms with van der Waals surface area (Å²) in [6.45, 7) is 3.83. The fourth-order valence-electron chi connectivity index (χ4n) is 2.88. The molecule has 0 aromatic rings. The number of amides is 1. The maximum atomic E-state index is 11.7. The number of hydrogen-bond donors (Lipinski definition) is 1. The number of carbonyl (C=O) groups is 1. The van der Waals surface area contributed by atoms with Crippen molar-refractivity contribution in [1.29, 1.82) is 0 Å². The summed E-state index contributed by atoms with van der Waals surface area (Å²) < 4.78 is 0. The van der Waals surface area contributed by atoms with Gasteiger partial charge in [0.1, 0.15) is 0 Å². The van der Waals surface area contributed by atoms with Crippen molar-refractivity contribution >= 4 is 5.91 Å². The smallest absolute Gasteiger partial charge is 0.223 e. The van der Waals surface area contributed by atoms with E-state index < -0.39 is 0 Å². The Bertz CT molecular complexity index is 229. The summed E-state index contributed by atoms with van der Waals surface area (Å²) in [6, 6.07) is 0.513. The summed E-state index contributed by atoms with van der Waals surface area (Å²) in [4.78, 5) is 13.8. The second kappa shape index (κ2) is 3.89. The number of likely N-dealkylation sites (tertiary alicyclic amines) is 1. The minimum absolute atomic E-state index is 0.333. The van der Waals surface area contributed by atoms with E-state index in [4.69, 9.17) is 5.73 Å². The highest BCUT2D eigenvalue weighted by Crippen LogP contribution is 2.33. The average molecular weight is 196 g/mol. The first-order valence-corrected chi connectivity index (χ1v) is 5.72. The van der Waals surface area contributed by atoms with Gasteiger partial charge >= 0.3 is 0 Å². The van der Waals surface area contributed by atoms with Crippen LogP contribution in [0.1, 0.15) is 32.6 Å². The van der Waals surface area contributed by atoms with E-state index in [0.717, 1.165) is 6.54 Å². The third-order valence-corrected chi connectivity index (χ3v) is 3.79. The molecular weight excluding hydrogens is 176 g/mol. The van der Waals surface area contributed by atoms with Crippen molar-refractivity contribution in [2.24, 2.45) is 17.6 Å². The van der Waals surface area contributed by atoms with E-state index in [-0.39, 0.29) is 0 Å². The van der Waals surface area contributed by atoms with Crippen LogP contribution in [0.5, 0.6) is 0 Å². The molecule has 2 aliphatic rings. The Morgan fingerprint density at radius 1 is 1.50 bits per heavy atom. The Morgan fingerprint density at radius 3 is 2.79 bits per heavy atom. The highest BCUT2D eigenvalue weighted by molar-refractivity contribution is 5.79. The summed E-state index contributed by atoms with van der Waals surface area (Å²) in [5, 5.41) is 0. The zero-order valence-electron chi connectivity index (χ0n) is 8.91. The second-order valence-corrected chi connectivity index (χ2v) is 4.83. The first kappa shape index (κ1) is 9.97. The van der Waals surface area contributed by atoms with Crippen LogP contribution < -0.4 is 5.73 Å². The van der Waals surface area contributed by atoms with Crippen molar-refractivity contribution < 1.29 is 4.79 Å². The van der Waals surface area contributed by atoms with E-state index in [1.807, 2.05) is 0 Å². The highest BCUT2D eigenvalue weighted by atomic mass is 16.2. The lowest BCUT2D eigenvalue weighted by molar-refractivity contribution is -0.130. The van der Waals surface area contributed by atoms with Gasteiger partial charge in [-0.25, -0.2) is 0 Å². The van der Waals surface area contributed by atoms with E-state index in [1.54, 1.807) is 0 Å². The lowest BCUT2D eigenvalue weighted by Gasteiger charge is -2.27. The molecule has 0 aromatic heterocycles. The van der Waals surface area contributed by atoms with E-state index in [1.165, 1.54) is 19.3 Å². The van der Waals surface area contributed by atoms with Crippen molar-refractivity contribution in [3.05, 3.63) is 0 Å². The molecule has 0 spiro atoms. The third-order valence-electron chi connectivity index (χ3n) is 3.79. The Balaban J connectivity index is 2.00. The minimum Gasteiger partial charge on any atom is -0.339 e. The molecule has 2 fully saturated rings. The Kier molecular flexibility index (Phi) is 2.77. The monoisotopic (exact) mass is 196 g/mol. The van der Waals surface area contributed by atoms with Crippen molar-refractivity contribution in [3.63, 3.8) is 0 Å². The summed E-state index contributed by atoms with van der Waals surface area (Å²) in [7, 11) is 0. The standard InChI is InChI=1S/C11H20N2O/c1-8-3-2-4-10(8)13-7-9(6-12)5-11(13)14/h8-10H,2-7,12H2,1H3. The summed E-state index contributed by atoms with van der Waals surface area (Å²) in [6.07, 6.45) is 4.44. The predicted molar refractivity (Wildman–Crippen MR) is 55.7 cm³/mol. The molecule has 0 bridgehead atoms. The summed E-state index contributed by atoms with van der Waals surface area (Å²) >= 11 is 0. The number of nitrogens with zero attached hydrogens (tertiary/aromatic N) is 1. The molecule has 1 aliphatic heterocycles. The molecule has 3 nitrogen and oxygen atoms in total. The molecule has 2 N–H and O–H groups in total. The molecule has 1 amide bonds. The van der Waals surface area contributed by atoms with Crippen LogP contribution in [-0.2, 0) is 4.79 Å². The first-order chi connectivity index (χ1) is 6.72. The molecule has 0 aromatic carbocycles. The van der Waals surface area contributed by atoms with E-state index in [0.29, 0.717) is 36.8 Å². The van der Waals surface area contributed by atoms with Gasteiger partial charge in [0.25, 0.3) is 0 Å². The quantitative estimate of drug-likeness (QED) is 0.715. The normalized spacial score (nSPS) is 38.3. The Hall–Kier alpha value is -0.570. The van der Waals surface area contributed by atoms with Gasteiger partial charge in [-0.2, -0.15) is 0 Å². The predicted octanol–water partition coefficient (Wildman–Crippen LogP) is 0.982. The van der Waals surface area contributed by atoms with Gasteiger partial charge in [0.2, 0.25) is 5.91 Å². The van der Waals surface area contributed by atoms with Crippen molar-refractivity contribution in [2.45, 2.75) is 38.6 Å². The maximum absolute atomic E-state index is 11.7. The maximum Gasteiger partial charge on any atom is 0.223 e. The lowest BCUT2D eigenvalue weighted by atomic mass is 10.1. The van der Waals surface area contributed by atoms with Crippen LogP contribution in [-0.4, -0.2) is 29.9 Å². The third kappa shape index (κ3) is 1.65. The van der Waals surface area contributed by atoms with Gasteiger partial charge < -0.3 is 10.6 Å². The van der Waals surface area contributed by atoms with Crippen LogP contribution in [0.4, 0.5) is 0 Å². The van der Waals surface area contributed by atoms with Crippen molar-refractivity contribution in [3.8, 4) is 0 Å². The zero-order chi connectivity index (χ0) is 10.1. The molecule has 3 atom stereocenters. The number of carbonyl (C=O) groups excluding carboxylic acids is 1. The Morgan fingerprint density at radius 2 is 2.29 bits per heavy atom. The SMILES string of the molecule is CC1CCCC1N1CC(CN)CC1=O. The second-order valence-electron chi connectivity index (χ2n) is 4.83. The van der Waals surface area contributed by atoms with Crippen LogP contribution in [0, 0.1) is 11.8 Å². The van der Waals surface area contributed by atoms with Gasteiger partial charge in [-0.05, 0) is 31.2 Å².